The van der Waals surface area contributed by atoms with E-state index in [1.165, 1.54) is 0 Å². The molecule has 1 heterocycles. The van der Waals surface area contributed by atoms with E-state index < -0.39 is 0 Å². The molecule has 1 aliphatic heterocycles. The second kappa shape index (κ2) is 7.74. The Labute approximate surface area is 152 Å². The Balaban J connectivity index is 0.00000180. The first-order valence-corrected chi connectivity index (χ1v) is 7.12. The minimum Gasteiger partial charge on any atom is -0.497 e. The largest absolute Gasteiger partial charge is 0.497 e. The molecule has 0 aliphatic carbocycles. The second-order valence-corrected chi connectivity index (χ2v) is 5.51. The molecule has 2 rings (SSSR count). The molecule has 0 bridgehead atoms. The Morgan fingerprint density at radius 2 is 2.05 bits per heavy atom. The zero-order valence-corrected chi connectivity index (χ0v) is 16.0. The van der Waals surface area contributed by atoms with E-state index in [2.05, 4.69) is 28.7 Å². The first kappa shape index (κ1) is 17.1. The van der Waals surface area contributed by atoms with Gasteiger partial charge in [0.05, 0.1) is 11.0 Å². The van der Waals surface area contributed by atoms with Gasteiger partial charge in [-0.05, 0) is 19.1 Å². The van der Waals surface area contributed by atoms with Gasteiger partial charge >= 0.3 is 0 Å². The standard InChI is InChI=1S/C14H15INO2.Y/c1-3-16-13(9-8-12(15)14(16)17)10-4-6-11(18-2)7-5-10;/h4-7,12H,3,8H2,1-2H3;/q-1;. The van der Waals surface area contributed by atoms with Gasteiger partial charge in [-0.25, -0.2) is 6.08 Å². The van der Waals surface area contributed by atoms with Crippen LogP contribution in [0.15, 0.2) is 24.3 Å². The fraction of sp³-hybridized carbons (Fsp3) is 0.357. The van der Waals surface area contributed by atoms with Crippen LogP contribution in [-0.4, -0.2) is 28.4 Å². The van der Waals surface area contributed by atoms with Gasteiger partial charge in [-0.15, -0.1) is 17.8 Å². The van der Waals surface area contributed by atoms with Crippen molar-refractivity contribution in [3.05, 3.63) is 35.9 Å². The average molecular weight is 445 g/mol. The zero-order valence-electron chi connectivity index (χ0n) is 11.0. The van der Waals surface area contributed by atoms with E-state index in [4.69, 9.17) is 4.74 Å². The number of carbonyl (C=O) groups excluding carboxylic acids is 1. The molecule has 0 aromatic heterocycles. The summed E-state index contributed by atoms with van der Waals surface area (Å²) in [5.74, 6) is 0.985. The summed E-state index contributed by atoms with van der Waals surface area (Å²) < 4.78 is 5.14. The van der Waals surface area contributed by atoms with Gasteiger partial charge in [-0.1, -0.05) is 29.0 Å². The molecule has 0 saturated heterocycles. The van der Waals surface area contributed by atoms with Crippen LogP contribution in [0.3, 0.4) is 0 Å². The normalized spacial score (nSPS) is 18.7. The maximum absolute atomic E-state index is 12.1. The second-order valence-electron chi connectivity index (χ2n) is 4.01. The molecule has 0 spiro atoms. The number of alkyl halides is 1. The zero-order chi connectivity index (χ0) is 13.1. The fourth-order valence-electron chi connectivity index (χ4n) is 1.97. The molecule has 0 fully saturated rings. The number of hydrogen-bond donors (Lipinski definition) is 0. The summed E-state index contributed by atoms with van der Waals surface area (Å²) in [6, 6.07) is 7.73. The number of methoxy groups -OCH3 is 1. The molecule has 5 heteroatoms. The van der Waals surface area contributed by atoms with Crippen LogP contribution in [0.25, 0.3) is 5.70 Å². The Morgan fingerprint density at radius 1 is 1.42 bits per heavy atom. The summed E-state index contributed by atoms with van der Waals surface area (Å²) in [4.78, 5) is 13.9. The van der Waals surface area contributed by atoms with Gasteiger partial charge in [0.1, 0.15) is 5.75 Å². The molecule has 1 aliphatic rings. The summed E-state index contributed by atoms with van der Waals surface area (Å²) in [6.45, 7) is 2.66. The predicted octanol–water partition coefficient (Wildman–Crippen LogP) is 2.89. The fourth-order valence-corrected chi connectivity index (χ4v) is 2.53. The third kappa shape index (κ3) is 3.79. The Morgan fingerprint density at radius 3 is 2.58 bits per heavy atom. The van der Waals surface area contributed by atoms with Crippen LogP contribution in [0.5, 0.6) is 5.75 Å². The number of hydrogen-bond acceptors (Lipinski definition) is 2. The summed E-state index contributed by atoms with van der Waals surface area (Å²) in [5.41, 5.74) is 1.90. The van der Waals surface area contributed by atoms with Gasteiger partial charge in [-0.2, -0.15) is 5.56 Å². The van der Waals surface area contributed by atoms with Crippen LogP contribution in [-0.2, 0) is 37.5 Å². The molecule has 1 amide bonds. The quantitative estimate of drug-likeness (QED) is 0.407. The van der Waals surface area contributed by atoms with Gasteiger partial charge in [0.2, 0.25) is 5.91 Å². The number of allylic oxidation sites excluding steroid dienone is 1. The van der Waals surface area contributed by atoms with E-state index >= 15 is 0 Å². The number of amides is 1. The number of ether oxygens (including phenoxy) is 1. The van der Waals surface area contributed by atoms with Crippen LogP contribution in [0.4, 0.5) is 0 Å². The SMILES string of the molecule is CCN1C(=O)C(I)C[C-]=C1c1ccc(OC)cc1.[Y]. The number of nitrogens with zero attached hydrogens (tertiary/aromatic N) is 1. The molecule has 99 valence electrons. The van der Waals surface area contributed by atoms with Crippen molar-refractivity contribution in [3.8, 4) is 5.75 Å². The van der Waals surface area contributed by atoms with Gasteiger partial charge in [0.25, 0.3) is 0 Å². The maximum Gasteiger partial charge on any atom is 0.235 e. The first-order chi connectivity index (χ1) is 8.67. The minimum atomic E-state index is 0. The third-order valence-electron chi connectivity index (χ3n) is 2.93. The van der Waals surface area contributed by atoms with Crippen LogP contribution in [0, 0.1) is 6.08 Å². The molecule has 3 nitrogen and oxygen atoms in total. The van der Waals surface area contributed by atoms with Crippen LogP contribution in [0.1, 0.15) is 18.9 Å². The molecule has 0 N–H and O–H groups in total. The van der Waals surface area contributed by atoms with Gasteiger partial charge in [0.15, 0.2) is 0 Å². The third-order valence-corrected chi connectivity index (χ3v) is 3.91. The van der Waals surface area contributed by atoms with Crippen molar-refractivity contribution in [2.24, 2.45) is 0 Å². The molecule has 19 heavy (non-hydrogen) atoms. The Bertz CT molecular complexity index is 473. The van der Waals surface area contributed by atoms with Gasteiger partial charge in [-0.3, -0.25) is 4.79 Å². The van der Waals surface area contributed by atoms with Gasteiger partial charge in [0, 0.05) is 39.3 Å². The Kier molecular flexibility index (Phi) is 6.98. The molecular formula is C14H15INO2Y-. The van der Waals surface area contributed by atoms with Crippen molar-refractivity contribution >= 4 is 34.2 Å². The molecule has 1 aromatic rings. The molecule has 0 saturated carbocycles. The van der Waals surface area contributed by atoms with E-state index in [-0.39, 0.29) is 42.5 Å². The van der Waals surface area contributed by atoms with E-state index in [1.807, 2.05) is 31.2 Å². The minimum absolute atomic E-state index is 0. The Hall–Kier alpha value is 0.0639. The van der Waals surface area contributed by atoms with E-state index in [9.17, 15) is 4.79 Å². The topological polar surface area (TPSA) is 29.5 Å². The van der Waals surface area contributed by atoms with Crippen LogP contribution < -0.4 is 4.74 Å². The molecule has 1 aromatic carbocycles. The van der Waals surface area contributed by atoms with Crippen molar-refractivity contribution in [2.45, 2.75) is 17.3 Å². The number of carbonyl (C=O) groups is 1. The first-order valence-electron chi connectivity index (χ1n) is 5.88. The summed E-state index contributed by atoms with van der Waals surface area (Å²) in [6.07, 6.45) is 4.01. The molecule has 1 radical (unpaired) electrons. The van der Waals surface area contributed by atoms with Crippen molar-refractivity contribution < 1.29 is 42.2 Å². The van der Waals surface area contributed by atoms with Crippen molar-refractivity contribution in [2.75, 3.05) is 13.7 Å². The van der Waals surface area contributed by atoms with Crippen molar-refractivity contribution in [3.63, 3.8) is 0 Å². The van der Waals surface area contributed by atoms with Crippen molar-refractivity contribution in [1.82, 2.24) is 4.90 Å². The van der Waals surface area contributed by atoms with Crippen molar-refractivity contribution in [1.29, 1.82) is 0 Å². The summed E-state index contributed by atoms with van der Waals surface area (Å²) >= 11 is 2.17. The molecular weight excluding hydrogens is 430 g/mol. The van der Waals surface area contributed by atoms with E-state index in [0.29, 0.717) is 13.0 Å². The summed E-state index contributed by atoms with van der Waals surface area (Å²) in [5, 5.41) is 0. The van der Waals surface area contributed by atoms with Gasteiger partial charge < -0.3 is 9.64 Å². The molecule has 1 unspecified atom stereocenters. The number of rotatable bonds is 3. The smallest absolute Gasteiger partial charge is 0.235 e. The predicted molar refractivity (Wildman–Crippen MR) is 79.5 cm³/mol. The van der Waals surface area contributed by atoms with Crippen LogP contribution >= 0.6 is 22.6 Å². The molecule has 1 atom stereocenters. The monoisotopic (exact) mass is 445 g/mol. The number of benzene rings is 1. The van der Waals surface area contributed by atoms with Crippen LogP contribution in [0.2, 0.25) is 0 Å². The average Bonchev–Trinajstić information content (AvgIpc) is 2.42. The van der Waals surface area contributed by atoms with E-state index in [1.54, 1.807) is 12.0 Å². The summed E-state index contributed by atoms with van der Waals surface area (Å²) in [7, 11) is 1.64. The number of halogens is 1. The van der Waals surface area contributed by atoms with E-state index in [0.717, 1.165) is 17.0 Å². The maximum atomic E-state index is 12.1.